The monoisotopic (exact) mass is 274 g/mol. The number of nitrogens with zero attached hydrogens (tertiary/aromatic N) is 2. The molecule has 0 unspecified atom stereocenters. The van der Waals surface area contributed by atoms with Crippen LogP contribution in [0.1, 0.15) is 25.3 Å². The lowest BCUT2D eigenvalue weighted by molar-refractivity contribution is 0.542. The fourth-order valence-electron chi connectivity index (χ4n) is 1.92. The second-order valence-corrected chi connectivity index (χ2v) is 4.78. The van der Waals surface area contributed by atoms with Gasteiger partial charge in [-0.15, -0.1) is 0 Å². The Kier molecular flexibility index (Phi) is 4.80. The molecule has 4 heteroatoms. The Morgan fingerprint density at radius 1 is 1.26 bits per heavy atom. The third-order valence-corrected chi connectivity index (χ3v) is 3.35. The highest BCUT2D eigenvalue weighted by atomic mass is 32.1. The average molecular weight is 274 g/mol. The van der Waals surface area contributed by atoms with E-state index in [-0.39, 0.29) is 5.56 Å². The van der Waals surface area contributed by atoms with Gasteiger partial charge in [0.25, 0.3) is 5.56 Å². The van der Waals surface area contributed by atoms with Crippen molar-refractivity contribution < 1.29 is 0 Å². The number of hydrogen-bond acceptors (Lipinski definition) is 3. The Hall–Kier alpha value is -1.55. The van der Waals surface area contributed by atoms with Crippen molar-refractivity contribution in [2.45, 2.75) is 32.1 Å². The van der Waals surface area contributed by atoms with E-state index in [0.717, 1.165) is 24.1 Å². The molecule has 0 atom stereocenters. The van der Waals surface area contributed by atoms with Crippen molar-refractivity contribution in [2.75, 3.05) is 0 Å². The molecule has 0 bridgehead atoms. The first-order chi connectivity index (χ1) is 9.26. The molecule has 0 aliphatic carbocycles. The normalized spacial score (nSPS) is 10.6. The zero-order valence-corrected chi connectivity index (χ0v) is 11.9. The molecule has 0 fully saturated rings. The highest BCUT2D eigenvalue weighted by Crippen LogP contribution is 2.16. The molecule has 2 aromatic rings. The fourth-order valence-corrected chi connectivity index (χ4v) is 2.15. The summed E-state index contributed by atoms with van der Waals surface area (Å²) in [5.74, 6) is 0.438. The van der Waals surface area contributed by atoms with Crippen molar-refractivity contribution in [3.63, 3.8) is 0 Å². The van der Waals surface area contributed by atoms with E-state index in [1.54, 1.807) is 4.68 Å². The van der Waals surface area contributed by atoms with Crippen molar-refractivity contribution in [2.24, 2.45) is 0 Å². The van der Waals surface area contributed by atoms with Gasteiger partial charge in [0, 0.05) is 23.4 Å². The van der Waals surface area contributed by atoms with Gasteiger partial charge in [-0.25, -0.2) is 4.68 Å². The molecule has 0 N–H and O–H groups in total. The predicted molar refractivity (Wildman–Crippen MR) is 81.5 cm³/mol. The summed E-state index contributed by atoms with van der Waals surface area (Å²) in [5, 5.41) is 4.46. The fraction of sp³-hybridized carbons (Fsp3) is 0.333. The van der Waals surface area contributed by atoms with E-state index in [2.05, 4.69) is 24.7 Å². The Bertz CT molecular complexity index is 593. The molecule has 0 radical (unpaired) electrons. The summed E-state index contributed by atoms with van der Waals surface area (Å²) in [7, 11) is 0. The van der Waals surface area contributed by atoms with Crippen molar-refractivity contribution >= 4 is 12.6 Å². The van der Waals surface area contributed by atoms with Crippen LogP contribution in [0, 0.1) is 0 Å². The molecule has 1 heterocycles. The first-order valence-corrected chi connectivity index (χ1v) is 7.16. The van der Waals surface area contributed by atoms with Gasteiger partial charge in [-0.3, -0.25) is 4.79 Å². The van der Waals surface area contributed by atoms with E-state index in [0.29, 0.717) is 17.9 Å². The van der Waals surface area contributed by atoms with Gasteiger partial charge in [-0.2, -0.15) is 17.7 Å². The molecule has 1 aromatic heterocycles. The van der Waals surface area contributed by atoms with Gasteiger partial charge in [0.2, 0.25) is 0 Å². The maximum absolute atomic E-state index is 12.1. The molecule has 0 saturated carbocycles. The number of hydrogen-bond donors (Lipinski definition) is 1. The van der Waals surface area contributed by atoms with Crippen LogP contribution in [0.25, 0.3) is 11.3 Å². The first-order valence-electron chi connectivity index (χ1n) is 6.53. The topological polar surface area (TPSA) is 34.9 Å². The van der Waals surface area contributed by atoms with E-state index < -0.39 is 0 Å². The van der Waals surface area contributed by atoms with Crippen LogP contribution in [0.3, 0.4) is 0 Å². The average Bonchev–Trinajstić information content (AvgIpc) is 2.47. The molecule has 2 rings (SSSR count). The molecule has 0 aliphatic heterocycles. The van der Waals surface area contributed by atoms with Crippen LogP contribution in [0.2, 0.25) is 0 Å². The predicted octanol–water partition coefficient (Wildman–Crippen LogP) is 3.14. The van der Waals surface area contributed by atoms with Crippen LogP contribution in [0.5, 0.6) is 0 Å². The summed E-state index contributed by atoms with van der Waals surface area (Å²) in [6, 6.07) is 11.7. The van der Waals surface area contributed by atoms with Gasteiger partial charge in [-0.05, 0) is 12.5 Å². The molecule has 0 aliphatic rings. The molecule has 0 spiro atoms. The zero-order chi connectivity index (χ0) is 13.7. The minimum Gasteiger partial charge on any atom is -0.267 e. The van der Waals surface area contributed by atoms with E-state index >= 15 is 0 Å². The van der Waals surface area contributed by atoms with Crippen LogP contribution in [0.15, 0.2) is 41.2 Å². The minimum absolute atomic E-state index is 0.0249. The minimum atomic E-state index is -0.0249. The molecule has 19 heavy (non-hydrogen) atoms. The summed E-state index contributed by atoms with van der Waals surface area (Å²) in [4.78, 5) is 12.1. The summed E-state index contributed by atoms with van der Waals surface area (Å²) in [5.41, 5.74) is 2.53. The Labute approximate surface area is 118 Å². The van der Waals surface area contributed by atoms with E-state index in [4.69, 9.17) is 0 Å². The SMILES string of the molecule is CCCCn1nc(-c2ccccc2)cc(CS)c1=O. The van der Waals surface area contributed by atoms with Crippen LogP contribution in [-0.2, 0) is 12.3 Å². The third kappa shape index (κ3) is 3.26. The molecular weight excluding hydrogens is 256 g/mol. The summed E-state index contributed by atoms with van der Waals surface area (Å²) < 4.78 is 1.57. The smallest absolute Gasteiger partial charge is 0.267 e. The molecule has 1 aromatic carbocycles. The lowest BCUT2D eigenvalue weighted by Gasteiger charge is -2.09. The highest BCUT2D eigenvalue weighted by Gasteiger charge is 2.08. The second kappa shape index (κ2) is 6.57. The number of aryl methyl sites for hydroxylation is 1. The third-order valence-electron chi connectivity index (χ3n) is 3.01. The number of benzene rings is 1. The Morgan fingerprint density at radius 3 is 2.63 bits per heavy atom. The van der Waals surface area contributed by atoms with Gasteiger partial charge in [-0.1, -0.05) is 43.7 Å². The van der Waals surface area contributed by atoms with Gasteiger partial charge >= 0.3 is 0 Å². The number of rotatable bonds is 5. The number of thiol groups is 1. The summed E-state index contributed by atoms with van der Waals surface area (Å²) >= 11 is 4.24. The number of unbranched alkanes of at least 4 members (excludes halogenated alkanes) is 1. The van der Waals surface area contributed by atoms with Gasteiger partial charge < -0.3 is 0 Å². The Morgan fingerprint density at radius 2 is 2.00 bits per heavy atom. The summed E-state index contributed by atoms with van der Waals surface area (Å²) in [6.45, 7) is 2.77. The van der Waals surface area contributed by atoms with E-state index in [9.17, 15) is 4.79 Å². The number of aromatic nitrogens is 2. The molecule has 0 amide bonds. The van der Waals surface area contributed by atoms with E-state index in [1.165, 1.54) is 0 Å². The largest absolute Gasteiger partial charge is 0.270 e. The highest BCUT2D eigenvalue weighted by molar-refractivity contribution is 7.79. The zero-order valence-electron chi connectivity index (χ0n) is 11.0. The van der Waals surface area contributed by atoms with Crippen molar-refractivity contribution in [1.29, 1.82) is 0 Å². The summed E-state index contributed by atoms with van der Waals surface area (Å²) in [6.07, 6.45) is 2.00. The molecule has 0 saturated heterocycles. The quantitative estimate of drug-likeness (QED) is 0.850. The van der Waals surface area contributed by atoms with Crippen LogP contribution in [-0.4, -0.2) is 9.78 Å². The van der Waals surface area contributed by atoms with Gasteiger partial charge in [0.15, 0.2) is 0 Å². The maximum atomic E-state index is 12.1. The first kappa shape index (κ1) is 13.9. The molecular formula is C15H18N2OS. The lowest BCUT2D eigenvalue weighted by Crippen LogP contribution is -2.26. The van der Waals surface area contributed by atoms with Crippen molar-refractivity contribution in [3.05, 3.63) is 52.3 Å². The Balaban J connectivity index is 2.48. The van der Waals surface area contributed by atoms with Gasteiger partial charge in [0.05, 0.1) is 5.69 Å². The van der Waals surface area contributed by atoms with Crippen molar-refractivity contribution in [3.8, 4) is 11.3 Å². The van der Waals surface area contributed by atoms with Crippen LogP contribution in [0.4, 0.5) is 0 Å². The lowest BCUT2D eigenvalue weighted by atomic mass is 10.1. The van der Waals surface area contributed by atoms with Crippen LogP contribution < -0.4 is 5.56 Å². The van der Waals surface area contributed by atoms with E-state index in [1.807, 2.05) is 36.4 Å². The van der Waals surface area contributed by atoms with Crippen molar-refractivity contribution in [1.82, 2.24) is 9.78 Å². The van der Waals surface area contributed by atoms with Gasteiger partial charge in [0.1, 0.15) is 0 Å². The second-order valence-electron chi connectivity index (χ2n) is 4.46. The maximum Gasteiger partial charge on any atom is 0.270 e. The standard InChI is InChI=1S/C15H18N2OS/c1-2-3-9-17-15(18)13(11-19)10-14(16-17)12-7-5-4-6-8-12/h4-8,10,19H,2-3,9,11H2,1H3. The molecule has 100 valence electrons. The van der Waals surface area contributed by atoms with Crippen LogP contribution >= 0.6 is 12.6 Å². The molecule has 3 nitrogen and oxygen atoms in total.